The van der Waals surface area contributed by atoms with Crippen LogP contribution in [0.25, 0.3) is 0 Å². The lowest BCUT2D eigenvalue weighted by molar-refractivity contribution is 0.181. The number of fused-ring (bicyclic) bond motifs is 1. The van der Waals surface area contributed by atoms with E-state index in [2.05, 4.69) is 36.2 Å². The van der Waals surface area contributed by atoms with Crippen molar-refractivity contribution in [3.63, 3.8) is 0 Å². The molecular formula is C18H21FN2O. The molecule has 0 aromatic heterocycles. The van der Waals surface area contributed by atoms with Gasteiger partial charge in [0.1, 0.15) is 5.82 Å². The van der Waals surface area contributed by atoms with Crippen LogP contribution in [0.5, 0.6) is 0 Å². The van der Waals surface area contributed by atoms with Crippen molar-refractivity contribution in [1.82, 2.24) is 0 Å². The van der Waals surface area contributed by atoms with Gasteiger partial charge in [-0.1, -0.05) is 18.2 Å². The SMILES string of the molecule is COCc1ccc(N2CC(C)(C)Nc3ccccc32)cc1F. The fourth-order valence-electron chi connectivity index (χ4n) is 2.91. The number of methoxy groups -OCH3 is 1. The summed E-state index contributed by atoms with van der Waals surface area (Å²) in [5.41, 5.74) is 3.49. The van der Waals surface area contributed by atoms with Crippen molar-refractivity contribution in [2.45, 2.75) is 26.0 Å². The highest BCUT2D eigenvalue weighted by Gasteiger charge is 2.30. The number of para-hydroxylation sites is 2. The van der Waals surface area contributed by atoms with E-state index in [4.69, 9.17) is 4.74 Å². The van der Waals surface area contributed by atoms with Crippen molar-refractivity contribution in [1.29, 1.82) is 0 Å². The molecule has 0 atom stereocenters. The Morgan fingerprint density at radius 1 is 1.23 bits per heavy atom. The van der Waals surface area contributed by atoms with Crippen molar-refractivity contribution in [2.24, 2.45) is 0 Å². The average molecular weight is 300 g/mol. The van der Waals surface area contributed by atoms with E-state index >= 15 is 0 Å². The van der Waals surface area contributed by atoms with Gasteiger partial charge in [0.25, 0.3) is 0 Å². The normalized spacial score (nSPS) is 16.1. The van der Waals surface area contributed by atoms with E-state index in [0.29, 0.717) is 5.56 Å². The highest BCUT2D eigenvalue weighted by atomic mass is 19.1. The topological polar surface area (TPSA) is 24.5 Å². The fourth-order valence-corrected chi connectivity index (χ4v) is 2.91. The molecule has 1 N–H and O–H groups in total. The molecule has 116 valence electrons. The second kappa shape index (κ2) is 5.61. The zero-order valence-electron chi connectivity index (χ0n) is 13.2. The van der Waals surface area contributed by atoms with Gasteiger partial charge in [-0.05, 0) is 38.1 Å². The average Bonchev–Trinajstić information content (AvgIpc) is 2.48. The number of hydrogen-bond donors (Lipinski definition) is 1. The van der Waals surface area contributed by atoms with Crippen LogP contribution in [0.2, 0.25) is 0 Å². The molecule has 0 radical (unpaired) electrons. The molecule has 0 bridgehead atoms. The van der Waals surface area contributed by atoms with E-state index < -0.39 is 0 Å². The van der Waals surface area contributed by atoms with Crippen LogP contribution in [0.4, 0.5) is 21.5 Å². The third-order valence-corrected chi connectivity index (χ3v) is 3.87. The molecule has 0 saturated heterocycles. The number of anilines is 3. The highest BCUT2D eigenvalue weighted by molar-refractivity contribution is 5.79. The predicted molar refractivity (Wildman–Crippen MR) is 88.3 cm³/mol. The predicted octanol–water partition coefficient (Wildman–Crippen LogP) is 4.31. The quantitative estimate of drug-likeness (QED) is 0.914. The Hall–Kier alpha value is -2.07. The molecule has 0 amide bonds. The number of hydrogen-bond acceptors (Lipinski definition) is 3. The van der Waals surface area contributed by atoms with Crippen molar-refractivity contribution in [3.05, 3.63) is 53.8 Å². The van der Waals surface area contributed by atoms with Gasteiger partial charge >= 0.3 is 0 Å². The Kier molecular flexibility index (Phi) is 3.79. The van der Waals surface area contributed by atoms with Crippen LogP contribution in [0.1, 0.15) is 19.4 Å². The number of rotatable bonds is 3. The molecule has 0 unspecified atom stereocenters. The summed E-state index contributed by atoms with van der Waals surface area (Å²) in [6.45, 7) is 5.35. The van der Waals surface area contributed by atoms with Crippen molar-refractivity contribution in [2.75, 3.05) is 23.9 Å². The van der Waals surface area contributed by atoms with Crippen LogP contribution in [0.15, 0.2) is 42.5 Å². The molecule has 0 aliphatic carbocycles. The molecule has 2 aromatic rings. The summed E-state index contributed by atoms with van der Waals surface area (Å²) in [5.74, 6) is -0.229. The largest absolute Gasteiger partial charge is 0.380 e. The molecule has 1 aliphatic heterocycles. The van der Waals surface area contributed by atoms with Gasteiger partial charge in [0.15, 0.2) is 0 Å². The first kappa shape index (κ1) is 14.9. The molecule has 3 nitrogen and oxygen atoms in total. The second-order valence-electron chi connectivity index (χ2n) is 6.32. The molecule has 0 fully saturated rings. The van der Waals surface area contributed by atoms with E-state index in [1.54, 1.807) is 19.2 Å². The zero-order chi connectivity index (χ0) is 15.7. The van der Waals surface area contributed by atoms with Gasteiger partial charge in [0.2, 0.25) is 0 Å². The monoisotopic (exact) mass is 300 g/mol. The van der Waals surface area contributed by atoms with Crippen molar-refractivity contribution >= 4 is 17.1 Å². The molecular weight excluding hydrogens is 279 g/mol. The number of halogens is 1. The van der Waals surface area contributed by atoms with Crippen LogP contribution < -0.4 is 10.2 Å². The number of benzene rings is 2. The maximum atomic E-state index is 14.2. The Balaban J connectivity index is 2.02. The Bertz CT molecular complexity index is 685. The first-order valence-electron chi connectivity index (χ1n) is 7.42. The maximum absolute atomic E-state index is 14.2. The number of ether oxygens (including phenoxy) is 1. The van der Waals surface area contributed by atoms with Crippen LogP contribution >= 0.6 is 0 Å². The van der Waals surface area contributed by atoms with E-state index in [1.807, 2.05) is 18.2 Å². The van der Waals surface area contributed by atoms with E-state index in [-0.39, 0.29) is 18.0 Å². The van der Waals surface area contributed by atoms with Crippen LogP contribution in [0, 0.1) is 5.82 Å². The van der Waals surface area contributed by atoms with Crippen molar-refractivity contribution < 1.29 is 9.13 Å². The van der Waals surface area contributed by atoms with Gasteiger partial charge < -0.3 is 15.0 Å². The lowest BCUT2D eigenvalue weighted by Gasteiger charge is -2.42. The summed E-state index contributed by atoms with van der Waals surface area (Å²) < 4.78 is 19.3. The molecule has 22 heavy (non-hydrogen) atoms. The van der Waals surface area contributed by atoms with Gasteiger partial charge in [-0.25, -0.2) is 4.39 Å². The van der Waals surface area contributed by atoms with Gasteiger partial charge in [-0.2, -0.15) is 0 Å². The minimum Gasteiger partial charge on any atom is -0.380 e. The number of nitrogens with zero attached hydrogens (tertiary/aromatic N) is 1. The van der Waals surface area contributed by atoms with Crippen LogP contribution in [-0.4, -0.2) is 19.2 Å². The van der Waals surface area contributed by atoms with Gasteiger partial charge in [0, 0.05) is 30.4 Å². The van der Waals surface area contributed by atoms with Gasteiger partial charge in [-0.15, -0.1) is 0 Å². The van der Waals surface area contributed by atoms with Crippen LogP contribution in [0.3, 0.4) is 0 Å². The molecule has 0 spiro atoms. The van der Waals surface area contributed by atoms with Gasteiger partial charge in [-0.3, -0.25) is 0 Å². The smallest absolute Gasteiger partial charge is 0.130 e. The minimum atomic E-state index is -0.229. The first-order chi connectivity index (χ1) is 10.5. The Labute approximate surface area is 130 Å². The maximum Gasteiger partial charge on any atom is 0.130 e. The molecule has 4 heteroatoms. The van der Waals surface area contributed by atoms with E-state index in [0.717, 1.165) is 23.6 Å². The third kappa shape index (κ3) is 2.79. The summed E-state index contributed by atoms with van der Waals surface area (Å²) in [6.07, 6.45) is 0. The number of nitrogens with one attached hydrogen (secondary N) is 1. The zero-order valence-corrected chi connectivity index (χ0v) is 13.2. The second-order valence-corrected chi connectivity index (χ2v) is 6.32. The Morgan fingerprint density at radius 3 is 2.73 bits per heavy atom. The lowest BCUT2D eigenvalue weighted by atomic mass is 9.98. The van der Waals surface area contributed by atoms with Crippen LogP contribution in [-0.2, 0) is 11.3 Å². The summed E-state index contributed by atoms with van der Waals surface area (Å²) >= 11 is 0. The summed E-state index contributed by atoms with van der Waals surface area (Å²) in [5, 5.41) is 3.53. The summed E-state index contributed by atoms with van der Waals surface area (Å²) in [6, 6.07) is 13.5. The molecule has 3 rings (SSSR count). The van der Waals surface area contributed by atoms with Crippen molar-refractivity contribution in [3.8, 4) is 0 Å². The third-order valence-electron chi connectivity index (χ3n) is 3.87. The fraction of sp³-hybridized carbons (Fsp3) is 0.333. The summed E-state index contributed by atoms with van der Waals surface area (Å²) in [4.78, 5) is 2.16. The molecule has 1 heterocycles. The first-order valence-corrected chi connectivity index (χ1v) is 7.42. The Morgan fingerprint density at radius 2 is 2.00 bits per heavy atom. The van der Waals surface area contributed by atoms with Gasteiger partial charge in [0.05, 0.1) is 18.0 Å². The van der Waals surface area contributed by atoms with E-state index in [9.17, 15) is 4.39 Å². The molecule has 2 aromatic carbocycles. The minimum absolute atomic E-state index is 0.0873. The summed E-state index contributed by atoms with van der Waals surface area (Å²) in [7, 11) is 1.57. The molecule has 0 saturated carbocycles. The highest BCUT2D eigenvalue weighted by Crippen LogP contribution is 2.39. The lowest BCUT2D eigenvalue weighted by Crippen LogP contribution is -2.46. The standard InChI is InChI=1S/C18H21FN2O/c1-18(2)12-21(17-7-5-4-6-16(17)20-18)14-9-8-13(11-22-3)15(19)10-14/h4-10,20H,11-12H2,1-3H3. The molecule has 1 aliphatic rings. The van der Waals surface area contributed by atoms with E-state index in [1.165, 1.54) is 0 Å².